The van der Waals surface area contributed by atoms with Crippen LogP contribution in [0.5, 0.6) is 5.75 Å². The normalized spacial score (nSPS) is 11.1. The number of hydrogen-bond donors (Lipinski definition) is 1. The monoisotopic (exact) mass is 369 g/mol. The van der Waals surface area contributed by atoms with Crippen LogP contribution in [0.1, 0.15) is 17.5 Å². The van der Waals surface area contributed by atoms with Crippen LogP contribution in [0.2, 0.25) is 0 Å². The third kappa shape index (κ3) is 5.35. The lowest BCUT2D eigenvalue weighted by atomic mass is 10.00. The van der Waals surface area contributed by atoms with Crippen LogP contribution in [0.15, 0.2) is 85.2 Å². The number of allylic oxidation sites excluding steroid dienone is 2. The minimum absolute atomic E-state index is 0.163. The van der Waals surface area contributed by atoms with Gasteiger partial charge in [-0.3, -0.25) is 14.6 Å². The quantitative estimate of drug-likeness (QED) is 0.484. The van der Waals surface area contributed by atoms with Gasteiger partial charge in [0.1, 0.15) is 5.75 Å². The molecule has 138 valence electrons. The lowest BCUT2D eigenvalue weighted by Gasteiger charge is -2.05. The largest absolute Gasteiger partial charge is 0.508 e. The zero-order valence-electron chi connectivity index (χ0n) is 15.2. The van der Waals surface area contributed by atoms with Crippen molar-refractivity contribution in [1.82, 2.24) is 4.98 Å². The molecule has 1 N–H and O–H groups in total. The first-order valence-corrected chi connectivity index (χ1v) is 8.82. The molecule has 0 aliphatic carbocycles. The molecule has 0 radical (unpaired) electrons. The Balaban J connectivity index is 1.64. The lowest BCUT2D eigenvalue weighted by Crippen LogP contribution is -2.02. The fourth-order valence-corrected chi connectivity index (χ4v) is 2.68. The van der Waals surface area contributed by atoms with Gasteiger partial charge >= 0.3 is 0 Å². The summed E-state index contributed by atoms with van der Waals surface area (Å²) in [5, 5.41) is 9.25. The second-order valence-corrected chi connectivity index (χ2v) is 6.19. The van der Waals surface area contributed by atoms with Gasteiger partial charge in [0.15, 0.2) is 11.6 Å². The minimum Gasteiger partial charge on any atom is -0.508 e. The number of nitrogens with zero attached hydrogens (tertiary/aromatic N) is 1. The van der Waals surface area contributed by atoms with Crippen LogP contribution in [-0.4, -0.2) is 21.7 Å². The number of phenolic OH excluding ortho intramolecular Hbond substituents is 1. The summed E-state index contributed by atoms with van der Waals surface area (Å²) in [6, 6.07) is 18.0. The molecule has 0 fully saturated rings. The van der Waals surface area contributed by atoms with Crippen LogP contribution in [0.4, 0.5) is 0 Å². The molecule has 1 heterocycles. The Morgan fingerprint density at radius 3 is 2.18 bits per heavy atom. The van der Waals surface area contributed by atoms with Crippen LogP contribution < -0.4 is 0 Å². The predicted molar refractivity (Wildman–Crippen MR) is 110 cm³/mol. The van der Waals surface area contributed by atoms with Gasteiger partial charge in [-0.25, -0.2) is 0 Å². The van der Waals surface area contributed by atoms with Crippen molar-refractivity contribution >= 4 is 23.7 Å². The molecule has 0 amide bonds. The number of carbonyl (C=O) groups excluding carboxylic acids is 2. The number of benzene rings is 2. The van der Waals surface area contributed by atoms with E-state index in [4.69, 9.17) is 0 Å². The summed E-state index contributed by atoms with van der Waals surface area (Å²) in [6.07, 6.45) is 9.42. The Morgan fingerprint density at radius 2 is 1.46 bits per heavy atom. The fraction of sp³-hybridized carbons (Fsp3) is 0.0417. The van der Waals surface area contributed by atoms with Gasteiger partial charge in [-0.2, -0.15) is 0 Å². The fourth-order valence-electron chi connectivity index (χ4n) is 2.68. The third-order valence-corrected chi connectivity index (χ3v) is 4.10. The average Bonchev–Trinajstić information content (AvgIpc) is 2.73. The molecule has 4 heteroatoms. The van der Waals surface area contributed by atoms with Crippen LogP contribution in [0, 0.1) is 0 Å². The number of hydrogen-bond acceptors (Lipinski definition) is 4. The van der Waals surface area contributed by atoms with Crippen molar-refractivity contribution in [2.45, 2.75) is 6.42 Å². The average molecular weight is 369 g/mol. The van der Waals surface area contributed by atoms with E-state index in [9.17, 15) is 14.7 Å². The number of aromatic hydroxyl groups is 1. The van der Waals surface area contributed by atoms with E-state index in [1.165, 1.54) is 24.3 Å². The van der Waals surface area contributed by atoms with Crippen LogP contribution >= 0.6 is 0 Å². The highest BCUT2D eigenvalue weighted by Crippen LogP contribution is 2.24. The van der Waals surface area contributed by atoms with E-state index in [0.717, 1.165) is 22.3 Å². The molecule has 1 aromatic heterocycles. The minimum atomic E-state index is -0.273. The molecule has 0 spiro atoms. The van der Waals surface area contributed by atoms with Crippen LogP contribution in [0.3, 0.4) is 0 Å². The summed E-state index contributed by atoms with van der Waals surface area (Å²) < 4.78 is 0. The van der Waals surface area contributed by atoms with Gasteiger partial charge in [-0.05, 0) is 58.7 Å². The van der Waals surface area contributed by atoms with Gasteiger partial charge in [0, 0.05) is 12.4 Å². The zero-order chi connectivity index (χ0) is 19.8. The van der Waals surface area contributed by atoms with Crippen molar-refractivity contribution in [2.24, 2.45) is 0 Å². The predicted octanol–water partition coefficient (Wildman–Crippen LogP) is 4.71. The molecular formula is C24H19NO3. The maximum Gasteiger partial charge on any atom is 0.163 e. The highest BCUT2D eigenvalue weighted by molar-refractivity contribution is 6.11. The highest BCUT2D eigenvalue weighted by Gasteiger charge is 2.05. The molecule has 3 rings (SSSR count). The van der Waals surface area contributed by atoms with Gasteiger partial charge in [0.05, 0.1) is 6.42 Å². The van der Waals surface area contributed by atoms with Crippen molar-refractivity contribution in [2.75, 3.05) is 0 Å². The van der Waals surface area contributed by atoms with Crippen molar-refractivity contribution in [1.29, 1.82) is 0 Å². The van der Waals surface area contributed by atoms with Gasteiger partial charge in [0.2, 0.25) is 0 Å². The van der Waals surface area contributed by atoms with Crippen molar-refractivity contribution < 1.29 is 14.7 Å². The van der Waals surface area contributed by atoms with Gasteiger partial charge in [0.25, 0.3) is 0 Å². The molecule has 2 aromatic carbocycles. The summed E-state index contributed by atoms with van der Waals surface area (Å²) in [4.78, 5) is 28.2. The molecule has 3 aromatic rings. The maximum absolute atomic E-state index is 12.1. The number of pyridine rings is 1. The Hall–Kier alpha value is -3.79. The molecule has 0 bridgehead atoms. The number of carbonyl (C=O) groups is 2. The second kappa shape index (κ2) is 9.24. The highest BCUT2D eigenvalue weighted by atomic mass is 16.3. The molecule has 0 atom stereocenters. The van der Waals surface area contributed by atoms with Crippen LogP contribution in [0.25, 0.3) is 23.3 Å². The zero-order valence-corrected chi connectivity index (χ0v) is 15.2. The molecular weight excluding hydrogens is 350 g/mol. The first kappa shape index (κ1) is 19.0. The topological polar surface area (TPSA) is 67.3 Å². The lowest BCUT2D eigenvalue weighted by molar-refractivity contribution is -0.121. The summed E-state index contributed by atoms with van der Waals surface area (Å²) in [6.45, 7) is 0. The number of rotatable bonds is 7. The van der Waals surface area contributed by atoms with E-state index in [1.807, 2.05) is 36.4 Å². The van der Waals surface area contributed by atoms with E-state index in [0.29, 0.717) is 0 Å². The Bertz CT molecular complexity index is 1020. The Labute approximate surface area is 163 Å². The van der Waals surface area contributed by atoms with Gasteiger partial charge in [-0.15, -0.1) is 0 Å². The van der Waals surface area contributed by atoms with Crippen molar-refractivity contribution in [3.05, 3.63) is 96.3 Å². The SMILES string of the molecule is O=C(C=Cc1ccc(O)cc1)CC(=O)C=Cc1ccccc1-c1ccncc1. The molecule has 0 aliphatic heterocycles. The molecule has 28 heavy (non-hydrogen) atoms. The number of phenols is 1. The van der Waals surface area contributed by atoms with E-state index >= 15 is 0 Å². The van der Waals surface area contributed by atoms with Crippen molar-refractivity contribution in [3.63, 3.8) is 0 Å². The Morgan fingerprint density at radius 1 is 0.821 bits per heavy atom. The number of aromatic nitrogens is 1. The molecule has 0 unspecified atom stereocenters. The maximum atomic E-state index is 12.1. The summed E-state index contributed by atoms with van der Waals surface area (Å²) in [5.41, 5.74) is 3.68. The molecule has 0 aliphatic rings. The van der Waals surface area contributed by atoms with E-state index < -0.39 is 0 Å². The standard InChI is InChI=1S/C24H19NO3/c26-21-9-5-18(6-10-21)7-11-22(27)17-23(28)12-8-19-3-1-2-4-24(19)20-13-15-25-16-14-20/h1-16,26H,17H2. The summed E-state index contributed by atoms with van der Waals surface area (Å²) in [5.74, 6) is -0.370. The smallest absolute Gasteiger partial charge is 0.163 e. The molecule has 4 nitrogen and oxygen atoms in total. The van der Waals surface area contributed by atoms with Gasteiger partial charge < -0.3 is 5.11 Å². The number of ketones is 2. The Kier molecular flexibility index (Phi) is 6.26. The first-order chi connectivity index (χ1) is 13.6. The molecule has 0 saturated heterocycles. The summed E-state index contributed by atoms with van der Waals surface area (Å²) in [7, 11) is 0. The van der Waals surface area contributed by atoms with Crippen molar-refractivity contribution in [3.8, 4) is 16.9 Å². The second-order valence-electron chi connectivity index (χ2n) is 6.19. The first-order valence-electron chi connectivity index (χ1n) is 8.82. The molecule has 0 saturated carbocycles. The third-order valence-electron chi connectivity index (χ3n) is 4.10. The van der Waals surface area contributed by atoms with E-state index in [-0.39, 0.29) is 23.7 Å². The summed E-state index contributed by atoms with van der Waals surface area (Å²) >= 11 is 0. The van der Waals surface area contributed by atoms with E-state index in [1.54, 1.807) is 36.7 Å². The van der Waals surface area contributed by atoms with Crippen LogP contribution in [-0.2, 0) is 9.59 Å². The van der Waals surface area contributed by atoms with Gasteiger partial charge in [-0.1, -0.05) is 48.6 Å². The van der Waals surface area contributed by atoms with E-state index in [2.05, 4.69) is 4.98 Å².